The number of carbonyl (C=O) groups is 3. The van der Waals surface area contributed by atoms with Crippen LogP contribution in [0.25, 0.3) is 72.2 Å². The van der Waals surface area contributed by atoms with Gasteiger partial charge in [0.1, 0.15) is 11.5 Å². The quantitative estimate of drug-likeness (QED) is 0.0838. The largest absolute Gasteiger partial charge is 0.356 e. The number of para-hydroxylation sites is 2. The Kier molecular flexibility index (Phi) is 20.0. The molecule has 23 heteroatoms. The van der Waals surface area contributed by atoms with Gasteiger partial charge in [0.05, 0.1) is 137 Å². The summed E-state index contributed by atoms with van der Waals surface area (Å²) in [6.07, 6.45) is 16.4. The molecule has 0 fully saturated rings. The molecule has 0 saturated heterocycles. The van der Waals surface area contributed by atoms with Crippen molar-refractivity contribution in [1.29, 1.82) is 0 Å². The average molecular weight is 1500 g/mol. The first-order valence-electron chi connectivity index (χ1n) is 37.1. The minimum absolute atomic E-state index is 0.162. The first-order chi connectivity index (χ1) is 55.5. The number of pyridine rings is 4. The molecule has 3 atom stereocenters. The Bertz CT molecular complexity index is 6250. The van der Waals surface area contributed by atoms with Gasteiger partial charge in [0, 0.05) is 97.3 Å². The van der Waals surface area contributed by atoms with E-state index >= 15 is 0 Å². The fourth-order valence-corrected chi connectivity index (χ4v) is 14.4. The molecular formula is C91H76N20O3. The maximum absolute atomic E-state index is 13.5. The van der Waals surface area contributed by atoms with Crippen LogP contribution in [0.3, 0.4) is 0 Å². The highest BCUT2D eigenvalue weighted by Gasteiger charge is 2.29. The van der Waals surface area contributed by atoms with Crippen LogP contribution >= 0.6 is 0 Å². The number of carbonyl (C=O) groups excluding carboxylic acids is 3. The van der Waals surface area contributed by atoms with Gasteiger partial charge in [-0.15, -0.1) is 0 Å². The fraction of sp³-hybridized carbons (Fsp3) is 0.132. The van der Waals surface area contributed by atoms with Crippen LogP contribution in [0.5, 0.6) is 0 Å². The number of aromatic nitrogens is 17. The predicted octanol–water partition coefficient (Wildman–Crippen LogP) is 14.6. The number of benzene rings is 5. The third-order valence-corrected chi connectivity index (χ3v) is 19.6. The van der Waals surface area contributed by atoms with Crippen molar-refractivity contribution in [2.75, 3.05) is 0 Å². The van der Waals surface area contributed by atoms with Gasteiger partial charge in [-0.3, -0.25) is 37.4 Å². The summed E-state index contributed by atoms with van der Waals surface area (Å²) < 4.78 is 14.5. The van der Waals surface area contributed by atoms with E-state index < -0.39 is 6.04 Å². The van der Waals surface area contributed by atoms with Gasteiger partial charge < -0.3 is 20.9 Å². The number of aryl methyl sites for hydroxylation is 6. The van der Waals surface area contributed by atoms with Crippen molar-refractivity contribution < 1.29 is 14.4 Å². The Balaban J connectivity index is 0.000000129. The Morgan fingerprint density at radius 1 is 0.439 bits per heavy atom. The predicted molar refractivity (Wildman–Crippen MR) is 440 cm³/mol. The van der Waals surface area contributed by atoms with Crippen LogP contribution in [-0.4, -0.2) is 99.8 Å². The molecule has 0 aliphatic carbocycles. The van der Waals surface area contributed by atoms with Crippen molar-refractivity contribution in [2.24, 2.45) is 21.1 Å². The summed E-state index contributed by atoms with van der Waals surface area (Å²) in [5.41, 5.74) is 21.1. The molecule has 0 aliphatic rings. The van der Waals surface area contributed by atoms with Gasteiger partial charge in [0.15, 0.2) is 0 Å². The molecule has 13 heterocycles. The van der Waals surface area contributed by atoms with E-state index in [2.05, 4.69) is 108 Å². The van der Waals surface area contributed by atoms with Crippen molar-refractivity contribution in [1.82, 2.24) is 98.1 Å². The molecule has 0 radical (unpaired) electrons. The zero-order valence-electron chi connectivity index (χ0n) is 63.9. The molecule has 4 N–H and O–H groups in total. The molecule has 18 aromatic rings. The maximum Gasteiger partial charge on any atom is 0.255 e. The van der Waals surface area contributed by atoms with E-state index in [0.717, 1.165) is 117 Å². The van der Waals surface area contributed by atoms with Gasteiger partial charge in [0.25, 0.3) is 17.7 Å². The van der Waals surface area contributed by atoms with Gasteiger partial charge in [-0.05, 0) is 138 Å². The monoisotopic (exact) mass is 1500 g/mol. The Morgan fingerprint density at radius 2 is 0.895 bits per heavy atom. The Labute approximate surface area is 655 Å². The lowest BCUT2D eigenvalue weighted by atomic mass is 9.96. The number of H-pyrrole nitrogens is 1. The number of nitrogens with zero attached hydrogens (tertiary/aromatic N) is 16. The molecule has 0 aliphatic heterocycles. The highest BCUT2D eigenvalue weighted by Crippen LogP contribution is 2.39. The highest BCUT2D eigenvalue weighted by molar-refractivity contribution is 6.05. The smallest absolute Gasteiger partial charge is 0.255 e. The third kappa shape index (κ3) is 14.6. The van der Waals surface area contributed by atoms with Crippen LogP contribution in [0.2, 0.25) is 0 Å². The van der Waals surface area contributed by atoms with Crippen LogP contribution in [0, 0.1) is 56.3 Å². The van der Waals surface area contributed by atoms with E-state index in [1.54, 1.807) is 46.2 Å². The third-order valence-electron chi connectivity index (χ3n) is 19.6. The molecule has 3 amide bonds. The number of rotatable bonds is 12. The number of hydrogen-bond donors (Lipinski definition) is 4. The molecule has 18 rings (SSSR count). The molecule has 114 heavy (non-hydrogen) atoms. The zero-order chi connectivity index (χ0) is 78.7. The standard InChI is InChI=1S/C31H26N6O.2C30H25N7O/c1-20-27(26-14-7-8-17-37(26)35-20)31(38)33-21(2)30-29(23-10-5-4-6-11-23)28-24(12-9-13-25(28)34-30)16-15-22-18-32-36(3)19-22;1-20-27(26-14-7-8-17-36(26)34-20)30(38)32-21(2)29-33-25-13-9-10-23(16-15-22-18-31-35(3)19-22)28(25)37(29)24-11-5-4-6-12-24;1-20-27(25-13-7-8-17-36(25)34-20)30(38)32-21(2)28-29(23-10-5-4-6-11-23)37-24(12-9-14-26(37)33-28)16-15-22-18-31-35(3)19-22/h4-14,17-19,21,34H,1-3H3,(H,33,38);2*4-14,17-19,21H,1-3H3,(H,32,38)/t3*21-/m000/s1. The van der Waals surface area contributed by atoms with Gasteiger partial charge in [-0.1, -0.05) is 145 Å². The molecule has 0 saturated carbocycles. The van der Waals surface area contributed by atoms with Crippen molar-refractivity contribution in [3.05, 3.63) is 340 Å². The van der Waals surface area contributed by atoms with Crippen LogP contribution in [-0.2, 0) is 21.1 Å². The van der Waals surface area contributed by atoms with Crippen LogP contribution in [0.1, 0.15) is 138 Å². The normalized spacial score (nSPS) is 11.9. The lowest BCUT2D eigenvalue weighted by Gasteiger charge is -2.17. The maximum atomic E-state index is 13.5. The topological polar surface area (TPSA) is 244 Å². The Hall–Kier alpha value is -15.4. The number of imidazole rings is 2. The lowest BCUT2D eigenvalue weighted by Crippen LogP contribution is -2.29. The second kappa shape index (κ2) is 31.3. The minimum atomic E-state index is -0.396. The highest BCUT2D eigenvalue weighted by atomic mass is 16.2. The molecule has 13 aromatic heterocycles. The summed E-state index contributed by atoms with van der Waals surface area (Å²) >= 11 is 0. The average Bonchev–Trinajstić information content (AvgIpc) is 1.61. The summed E-state index contributed by atoms with van der Waals surface area (Å²) in [5, 5.41) is 36.7. The summed E-state index contributed by atoms with van der Waals surface area (Å²) in [6.45, 7) is 11.4. The van der Waals surface area contributed by atoms with Gasteiger partial charge >= 0.3 is 0 Å². The number of aromatic amines is 1. The fourth-order valence-electron chi connectivity index (χ4n) is 14.4. The first-order valence-corrected chi connectivity index (χ1v) is 37.1. The lowest BCUT2D eigenvalue weighted by molar-refractivity contribution is 0.0931. The van der Waals surface area contributed by atoms with Gasteiger partial charge in [-0.2, -0.15) is 30.6 Å². The van der Waals surface area contributed by atoms with E-state index in [4.69, 9.17) is 9.97 Å². The summed E-state index contributed by atoms with van der Waals surface area (Å²) in [4.78, 5) is 54.0. The second-order valence-corrected chi connectivity index (χ2v) is 27.7. The first kappa shape index (κ1) is 72.8. The zero-order valence-corrected chi connectivity index (χ0v) is 63.9. The Morgan fingerprint density at radius 3 is 1.42 bits per heavy atom. The number of nitrogens with one attached hydrogen (secondary N) is 4. The van der Waals surface area contributed by atoms with Crippen molar-refractivity contribution >= 4 is 61.9 Å². The van der Waals surface area contributed by atoms with E-state index in [9.17, 15) is 14.4 Å². The van der Waals surface area contributed by atoms with Gasteiger partial charge in [0.2, 0.25) is 0 Å². The van der Waals surface area contributed by atoms with Crippen LogP contribution in [0.15, 0.2) is 256 Å². The summed E-state index contributed by atoms with van der Waals surface area (Å²) in [5.74, 6) is 19.8. The second-order valence-electron chi connectivity index (χ2n) is 27.7. The van der Waals surface area contributed by atoms with E-state index in [1.165, 1.54) is 0 Å². The summed E-state index contributed by atoms with van der Waals surface area (Å²) in [7, 11) is 5.61. The van der Waals surface area contributed by atoms with E-state index in [1.807, 2.05) is 288 Å². The van der Waals surface area contributed by atoms with Crippen molar-refractivity contribution in [3.63, 3.8) is 0 Å². The number of amides is 3. The molecule has 23 nitrogen and oxygen atoms in total. The van der Waals surface area contributed by atoms with Gasteiger partial charge in [-0.25, -0.2) is 23.5 Å². The number of fused-ring (bicyclic) bond motifs is 6. The van der Waals surface area contributed by atoms with E-state index in [-0.39, 0.29) is 29.8 Å². The minimum Gasteiger partial charge on any atom is -0.356 e. The molecular weight excluding hydrogens is 1420 g/mol. The van der Waals surface area contributed by atoms with Crippen LogP contribution in [0.4, 0.5) is 0 Å². The molecule has 0 bridgehead atoms. The van der Waals surface area contributed by atoms with Crippen molar-refractivity contribution in [2.45, 2.75) is 59.7 Å². The SMILES string of the molecule is Cc1nn2ccccc2c1C(=O)N[C@@H](C)c1[nH]c2cccc(C#Cc3cnn(C)c3)c2c1-c1ccccc1.Cc1nn2ccccc2c1C(=O)N[C@@H](C)c1nc2cccc(C#Cc3cnn(C)c3)c2n1-c1ccccc1.Cc1nn2ccccc2c1C(=O)N[C@@H](C)c1nc2cccc(C#Cc3cnn(C)c3)n2c1-c1ccccc1. The molecule has 0 spiro atoms. The summed E-state index contributed by atoms with van der Waals surface area (Å²) in [6, 6.07) is 64.1. The van der Waals surface area contributed by atoms with E-state index in [0.29, 0.717) is 39.6 Å². The number of hydrogen-bond acceptors (Lipinski definition) is 11. The molecule has 558 valence electrons. The van der Waals surface area contributed by atoms with Crippen LogP contribution < -0.4 is 16.0 Å². The molecule has 5 aromatic carbocycles. The molecule has 0 unspecified atom stereocenters. The van der Waals surface area contributed by atoms with Crippen molar-refractivity contribution in [3.8, 4) is 63.6 Å².